The van der Waals surface area contributed by atoms with Crippen molar-refractivity contribution in [2.45, 2.75) is 26.3 Å². The van der Waals surface area contributed by atoms with Gasteiger partial charge in [-0.25, -0.2) is 19.9 Å². The molecule has 0 amide bonds. The number of hydrazone groups is 1. The van der Waals surface area contributed by atoms with Crippen LogP contribution in [0.25, 0.3) is 0 Å². The van der Waals surface area contributed by atoms with Gasteiger partial charge >= 0.3 is 12.1 Å². The maximum atomic E-state index is 12.9. The third kappa shape index (κ3) is 10.9. The number of alkyl halides is 3. The summed E-state index contributed by atoms with van der Waals surface area (Å²) in [6, 6.07) is 11.5. The Morgan fingerprint density at radius 1 is 1.17 bits per heavy atom. The molecule has 0 atom stereocenters. The summed E-state index contributed by atoms with van der Waals surface area (Å²) in [5.41, 5.74) is 0.722. The Labute approximate surface area is 275 Å². The number of halogens is 4. The second kappa shape index (κ2) is 17.2. The van der Waals surface area contributed by atoms with E-state index < -0.39 is 22.7 Å². The molecule has 0 spiro atoms. The fourth-order valence-electron chi connectivity index (χ4n) is 3.95. The Bertz CT molecular complexity index is 1640. The van der Waals surface area contributed by atoms with Gasteiger partial charge in [0.1, 0.15) is 32.3 Å². The summed E-state index contributed by atoms with van der Waals surface area (Å²) in [4.78, 5) is 40.5. The van der Waals surface area contributed by atoms with Crippen molar-refractivity contribution >= 4 is 46.3 Å². The summed E-state index contributed by atoms with van der Waals surface area (Å²) >= 11 is 7.05. The highest BCUT2D eigenvalue weighted by Crippen LogP contribution is 2.29. The van der Waals surface area contributed by atoms with Gasteiger partial charge in [0.15, 0.2) is 15.2 Å². The van der Waals surface area contributed by atoms with Gasteiger partial charge in [-0.2, -0.15) is 13.2 Å². The molecule has 19 heteroatoms. The molecule has 0 saturated carbocycles. The normalized spacial score (nSPS) is 14.8. The van der Waals surface area contributed by atoms with Crippen LogP contribution in [0.3, 0.4) is 0 Å². The quantitative estimate of drug-likeness (QED) is 0.120. The molecule has 3 aromatic rings. The third-order valence-corrected chi connectivity index (χ3v) is 7.16. The van der Waals surface area contributed by atoms with Crippen molar-refractivity contribution in [2.24, 2.45) is 15.4 Å². The molecule has 2 heterocycles. The average Bonchev–Trinajstić information content (AvgIpc) is 3.45. The zero-order valence-electron chi connectivity index (χ0n) is 25.4. The van der Waals surface area contributed by atoms with E-state index in [1.165, 1.54) is 44.6 Å². The summed E-state index contributed by atoms with van der Waals surface area (Å²) < 4.78 is 49.0. The van der Waals surface area contributed by atoms with E-state index in [1.54, 1.807) is 47.3 Å². The predicted octanol–water partition coefficient (Wildman–Crippen LogP) is 5.19. The van der Waals surface area contributed by atoms with E-state index in [1.807, 2.05) is 0 Å². The number of esters is 1. The number of carbonyl (C=O) groups is 1. The Morgan fingerprint density at radius 2 is 1.91 bits per heavy atom. The first-order valence-electron chi connectivity index (χ1n) is 13.3. The minimum Gasteiger partial charge on any atom is -0.464 e. The van der Waals surface area contributed by atoms with E-state index in [4.69, 9.17) is 30.7 Å². The summed E-state index contributed by atoms with van der Waals surface area (Å²) in [5.74, 6) is -0.432. The van der Waals surface area contributed by atoms with Gasteiger partial charge in [-0.1, -0.05) is 58.3 Å². The van der Waals surface area contributed by atoms with Crippen LogP contribution in [0.5, 0.6) is 0 Å². The first kappa shape index (κ1) is 36.7. The lowest BCUT2D eigenvalue weighted by Gasteiger charge is -2.34. The Balaban J connectivity index is 0.000000284. The molecule has 0 radical (unpaired) electrons. The maximum Gasteiger partial charge on any atom is 0.416 e. The Morgan fingerprint density at radius 3 is 2.55 bits per heavy atom. The lowest BCUT2D eigenvalue weighted by Crippen LogP contribution is -2.49. The van der Waals surface area contributed by atoms with E-state index in [0.29, 0.717) is 22.1 Å². The molecule has 4 rings (SSSR count). The van der Waals surface area contributed by atoms with Crippen LogP contribution in [0.1, 0.15) is 34.1 Å². The predicted molar refractivity (Wildman–Crippen MR) is 166 cm³/mol. The van der Waals surface area contributed by atoms with Crippen molar-refractivity contribution in [1.82, 2.24) is 14.8 Å². The second-order valence-electron chi connectivity index (χ2n) is 9.38. The fourth-order valence-corrected chi connectivity index (χ4v) is 4.95. The number of nitrogens with zero attached hydrogens (tertiary/aromatic N) is 7. The van der Waals surface area contributed by atoms with Gasteiger partial charge in [-0.15, -0.1) is 11.3 Å². The number of oxime groups is 2. The average molecular weight is 700 g/mol. The van der Waals surface area contributed by atoms with Gasteiger partial charge in [-0.3, -0.25) is 0 Å². The zero-order chi connectivity index (χ0) is 34.6. The standard InChI is InChI=1S/C20H19F3N2O4.C8H10ClN5O3S/c1-13(14-8-6-9-16(11-14)20(21,22)23)24-29-12-15-7-4-5-10-17(15)18(25-28-3)19(26)27-2;1-12-4-17-5-13(8(12)11-14(15)16)3-6-2-10-7(9)18-6/h4-11H,12H2,1-3H3;2H,3-5H2,1H3/b24-13+,25-18+;11-8+. The van der Waals surface area contributed by atoms with Gasteiger partial charge in [0, 0.05) is 29.2 Å². The molecule has 2 aromatic carbocycles. The summed E-state index contributed by atoms with van der Waals surface area (Å²) in [6.07, 6.45) is -2.81. The van der Waals surface area contributed by atoms with Crippen LogP contribution < -0.4 is 0 Å². The van der Waals surface area contributed by atoms with Crippen LogP contribution in [0.4, 0.5) is 13.2 Å². The number of guanidine groups is 1. The first-order chi connectivity index (χ1) is 22.3. The number of hydrogen-bond acceptors (Lipinski definition) is 11. The molecule has 1 fully saturated rings. The van der Waals surface area contributed by atoms with Crippen molar-refractivity contribution in [3.63, 3.8) is 0 Å². The number of methoxy groups -OCH3 is 1. The van der Waals surface area contributed by atoms with E-state index in [2.05, 4.69) is 20.4 Å². The van der Waals surface area contributed by atoms with Crippen LogP contribution in [-0.2, 0) is 43.3 Å². The van der Waals surface area contributed by atoms with Crippen molar-refractivity contribution < 1.29 is 42.1 Å². The molecule has 252 valence electrons. The minimum atomic E-state index is -4.44. The molecule has 1 aliphatic rings. The molecular formula is C28H29ClF3N7O7S. The van der Waals surface area contributed by atoms with Gasteiger partial charge in [0.25, 0.3) is 5.96 Å². The Hall–Kier alpha value is -4.81. The maximum absolute atomic E-state index is 12.9. The highest BCUT2D eigenvalue weighted by molar-refractivity contribution is 7.15. The van der Waals surface area contributed by atoms with Gasteiger partial charge in [-0.05, 0) is 24.6 Å². The van der Waals surface area contributed by atoms with Crippen LogP contribution in [-0.4, -0.2) is 77.9 Å². The van der Waals surface area contributed by atoms with Crippen molar-refractivity contribution in [2.75, 3.05) is 34.7 Å². The molecule has 1 aromatic heterocycles. The number of nitro groups is 1. The lowest BCUT2D eigenvalue weighted by atomic mass is 10.0. The van der Waals surface area contributed by atoms with E-state index in [9.17, 15) is 28.1 Å². The number of hydrogen-bond donors (Lipinski definition) is 0. The van der Waals surface area contributed by atoms with E-state index >= 15 is 0 Å². The van der Waals surface area contributed by atoms with Crippen LogP contribution in [0.15, 0.2) is 70.1 Å². The second-order valence-corrected chi connectivity index (χ2v) is 11.1. The van der Waals surface area contributed by atoms with Crippen LogP contribution in [0, 0.1) is 10.1 Å². The summed E-state index contributed by atoms with van der Waals surface area (Å²) in [7, 11) is 4.19. The molecule has 1 saturated heterocycles. The van der Waals surface area contributed by atoms with E-state index in [0.717, 1.165) is 17.0 Å². The first-order valence-corrected chi connectivity index (χ1v) is 14.5. The molecule has 0 aliphatic carbocycles. The van der Waals surface area contributed by atoms with Gasteiger partial charge < -0.3 is 28.9 Å². The summed E-state index contributed by atoms with van der Waals surface area (Å²) in [5, 5.41) is 20.7. The molecule has 1 aliphatic heterocycles. The summed E-state index contributed by atoms with van der Waals surface area (Å²) in [6.45, 7) is 2.42. The SMILES string of the molecule is CN1COCN(Cc2cnc(Cl)s2)/C1=N/[N+](=O)[O-].CO/N=C(/C(=O)OC)c1ccccc1CO/N=C(\C)c1cccc(C(F)(F)F)c1. The van der Waals surface area contributed by atoms with Crippen LogP contribution >= 0.6 is 22.9 Å². The molecule has 0 unspecified atom stereocenters. The van der Waals surface area contributed by atoms with Gasteiger partial charge in [0.05, 0.1) is 24.9 Å². The molecule has 0 N–H and O–H groups in total. The highest BCUT2D eigenvalue weighted by atomic mass is 35.5. The number of benzene rings is 2. The fraction of sp³-hybridized carbons (Fsp3) is 0.321. The van der Waals surface area contributed by atoms with Gasteiger partial charge in [0.2, 0.25) is 0 Å². The van der Waals surface area contributed by atoms with Crippen LogP contribution in [0.2, 0.25) is 4.47 Å². The number of carbonyl (C=O) groups excluding carboxylic acids is 1. The largest absolute Gasteiger partial charge is 0.464 e. The molecule has 14 nitrogen and oxygen atoms in total. The zero-order valence-corrected chi connectivity index (χ0v) is 27.0. The molecule has 0 bridgehead atoms. The number of rotatable bonds is 10. The topological polar surface area (TPSA) is 154 Å². The van der Waals surface area contributed by atoms with Crippen molar-refractivity contribution in [3.05, 3.63) is 96.4 Å². The molecular weight excluding hydrogens is 671 g/mol. The number of thiazole rings is 1. The third-order valence-electron chi connectivity index (χ3n) is 6.06. The minimum absolute atomic E-state index is 0.0484. The highest BCUT2D eigenvalue weighted by Gasteiger charge is 2.30. The number of aromatic nitrogens is 1. The van der Waals surface area contributed by atoms with Crippen molar-refractivity contribution in [1.29, 1.82) is 0 Å². The van der Waals surface area contributed by atoms with Crippen molar-refractivity contribution in [3.8, 4) is 0 Å². The monoisotopic (exact) mass is 699 g/mol. The number of ether oxygens (including phenoxy) is 2. The molecule has 47 heavy (non-hydrogen) atoms. The van der Waals surface area contributed by atoms with E-state index in [-0.39, 0.29) is 43.0 Å². The Kier molecular flexibility index (Phi) is 13.4. The lowest BCUT2D eigenvalue weighted by molar-refractivity contribution is -0.486. The smallest absolute Gasteiger partial charge is 0.416 e.